The topological polar surface area (TPSA) is 56.8 Å². The van der Waals surface area contributed by atoms with Crippen molar-refractivity contribution in [2.45, 2.75) is 24.5 Å². The van der Waals surface area contributed by atoms with Gasteiger partial charge in [-0.15, -0.1) is 0 Å². The number of hydrogen-bond donors (Lipinski definition) is 2. The van der Waals surface area contributed by atoms with Crippen molar-refractivity contribution in [1.29, 1.82) is 0 Å². The van der Waals surface area contributed by atoms with Gasteiger partial charge in [-0.1, -0.05) is 46.3 Å². The number of rotatable bonds is 4. The third kappa shape index (κ3) is 3.62. The van der Waals surface area contributed by atoms with Gasteiger partial charge in [-0.25, -0.2) is 0 Å². The predicted octanol–water partition coefficient (Wildman–Crippen LogP) is 3.34. The molecule has 2 N–H and O–H groups in total. The average Bonchev–Trinajstić information content (AvgIpc) is 3.37. The number of nitrogens with one attached hydrogen (secondary N) is 2. The SMILES string of the molecule is O=C1NCN(c2ccc(Br)cc2)C12CCN(CC1=CC(c3ccccc3)ON1)CC2. The summed E-state index contributed by atoms with van der Waals surface area (Å²) in [5.74, 6) is 0.149. The smallest absolute Gasteiger partial charge is 0.247 e. The molecule has 156 valence electrons. The van der Waals surface area contributed by atoms with Crippen LogP contribution in [0.1, 0.15) is 24.5 Å². The van der Waals surface area contributed by atoms with Crippen LogP contribution in [0.2, 0.25) is 0 Å². The highest BCUT2D eigenvalue weighted by atomic mass is 79.9. The molecule has 1 spiro atoms. The molecule has 2 aromatic carbocycles. The van der Waals surface area contributed by atoms with E-state index >= 15 is 0 Å². The monoisotopic (exact) mass is 468 g/mol. The summed E-state index contributed by atoms with van der Waals surface area (Å²) in [6.07, 6.45) is 3.72. The second kappa shape index (κ2) is 8.06. The lowest BCUT2D eigenvalue weighted by atomic mass is 9.85. The molecule has 0 radical (unpaired) electrons. The van der Waals surface area contributed by atoms with Crippen molar-refractivity contribution in [1.82, 2.24) is 15.7 Å². The van der Waals surface area contributed by atoms with E-state index in [9.17, 15) is 4.79 Å². The number of anilines is 1. The van der Waals surface area contributed by atoms with E-state index < -0.39 is 5.54 Å². The Hall–Kier alpha value is -2.35. The average molecular weight is 469 g/mol. The molecule has 2 saturated heterocycles. The summed E-state index contributed by atoms with van der Waals surface area (Å²) >= 11 is 3.49. The number of halogens is 1. The van der Waals surface area contributed by atoms with Gasteiger partial charge in [0.05, 0.1) is 12.4 Å². The first-order chi connectivity index (χ1) is 14.6. The molecule has 2 fully saturated rings. The van der Waals surface area contributed by atoms with Crippen molar-refractivity contribution in [3.63, 3.8) is 0 Å². The molecule has 30 heavy (non-hydrogen) atoms. The standard InChI is InChI=1S/C23H25BrN4O2/c24-18-6-8-20(9-7-18)28-16-25-22(29)23(28)10-12-27(13-11-23)15-19-14-21(30-26-19)17-4-2-1-3-5-17/h1-9,14,21,26H,10-13,15-16H2,(H,25,29). The zero-order valence-corrected chi connectivity index (χ0v) is 18.3. The van der Waals surface area contributed by atoms with Crippen LogP contribution in [0.15, 0.2) is 70.8 Å². The van der Waals surface area contributed by atoms with E-state index in [1.54, 1.807) is 0 Å². The second-order valence-electron chi connectivity index (χ2n) is 8.12. The van der Waals surface area contributed by atoms with E-state index in [-0.39, 0.29) is 12.0 Å². The Kier molecular flexibility index (Phi) is 5.26. The lowest BCUT2D eigenvalue weighted by Crippen LogP contribution is -2.56. The van der Waals surface area contributed by atoms with Gasteiger partial charge in [0.25, 0.3) is 0 Å². The summed E-state index contributed by atoms with van der Waals surface area (Å²) in [6.45, 7) is 3.12. The maximum Gasteiger partial charge on any atom is 0.247 e. The molecule has 0 aromatic heterocycles. The molecular weight excluding hydrogens is 444 g/mol. The van der Waals surface area contributed by atoms with Gasteiger partial charge < -0.3 is 10.2 Å². The first-order valence-corrected chi connectivity index (χ1v) is 11.1. The molecule has 6 nitrogen and oxygen atoms in total. The van der Waals surface area contributed by atoms with Gasteiger partial charge in [0, 0.05) is 29.8 Å². The molecule has 3 heterocycles. The summed E-state index contributed by atoms with van der Waals surface area (Å²) < 4.78 is 1.04. The van der Waals surface area contributed by atoms with Crippen molar-refractivity contribution < 1.29 is 9.63 Å². The largest absolute Gasteiger partial charge is 0.339 e. The highest BCUT2D eigenvalue weighted by Gasteiger charge is 2.50. The number of likely N-dealkylation sites (tertiary alicyclic amines) is 1. The highest BCUT2D eigenvalue weighted by molar-refractivity contribution is 9.10. The van der Waals surface area contributed by atoms with Gasteiger partial charge in [0.1, 0.15) is 11.6 Å². The van der Waals surface area contributed by atoms with Gasteiger partial charge in [0.15, 0.2) is 0 Å². The summed E-state index contributed by atoms with van der Waals surface area (Å²) in [5, 5.41) is 3.07. The predicted molar refractivity (Wildman–Crippen MR) is 120 cm³/mol. The Morgan fingerprint density at radius 2 is 1.80 bits per heavy atom. The van der Waals surface area contributed by atoms with E-state index in [4.69, 9.17) is 4.84 Å². The summed E-state index contributed by atoms with van der Waals surface area (Å²) in [7, 11) is 0. The van der Waals surface area contributed by atoms with Crippen LogP contribution in [0.3, 0.4) is 0 Å². The fourth-order valence-electron chi connectivity index (χ4n) is 4.65. The molecule has 0 saturated carbocycles. The van der Waals surface area contributed by atoms with Crippen molar-refractivity contribution in [3.8, 4) is 0 Å². The minimum atomic E-state index is -0.453. The lowest BCUT2D eigenvalue weighted by Gasteiger charge is -2.43. The van der Waals surface area contributed by atoms with Crippen LogP contribution in [0.5, 0.6) is 0 Å². The Labute approximate surface area is 185 Å². The molecule has 2 aromatic rings. The Morgan fingerprint density at radius 1 is 1.07 bits per heavy atom. The molecule has 3 aliphatic rings. The summed E-state index contributed by atoms with van der Waals surface area (Å²) in [4.78, 5) is 23.2. The molecule has 3 aliphatic heterocycles. The fraction of sp³-hybridized carbons (Fsp3) is 0.348. The fourth-order valence-corrected chi connectivity index (χ4v) is 4.91. The molecular formula is C23H25BrN4O2. The number of hydroxylamine groups is 1. The number of nitrogens with zero attached hydrogens (tertiary/aromatic N) is 2. The van der Waals surface area contributed by atoms with Gasteiger partial charge in [-0.3, -0.25) is 20.0 Å². The Morgan fingerprint density at radius 3 is 2.53 bits per heavy atom. The number of benzene rings is 2. The lowest BCUT2D eigenvalue weighted by molar-refractivity contribution is -0.125. The maximum absolute atomic E-state index is 12.8. The zero-order valence-electron chi connectivity index (χ0n) is 16.7. The highest BCUT2D eigenvalue weighted by Crippen LogP contribution is 2.37. The minimum absolute atomic E-state index is 0.0501. The molecule has 7 heteroatoms. The third-order valence-electron chi connectivity index (χ3n) is 6.35. The van der Waals surface area contributed by atoms with Crippen LogP contribution in [0.25, 0.3) is 0 Å². The first-order valence-electron chi connectivity index (χ1n) is 10.4. The number of hydrogen-bond acceptors (Lipinski definition) is 5. The Bertz CT molecular complexity index is 939. The van der Waals surface area contributed by atoms with E-state index in [0.29, 0.717) is 6.67 Å². The van der Waals surface area contributed by atoms with E-state index in [0.717, 1.165) is 53.9 Å². The molecule has 1 unspecified atom stereocenters. The van der Waals surface area contributed by atoms with Crippen LogP contribution in [-0.4, -0.2) is 42.6 Å². The quantitative estimate of drug-likeness (QED) is 0.720. The molecule has 0 aliphatic carbocycles. The van der Waals surface area contributed by atoms with Crippen LogP contribution in [0.4, 0.5) is 5.69 Å². The number of amides is 1. The first kappa shape index (κ1) is 19.6. The minimum Gasteiger partial charge on any atom is -0.339 e. The van der Waals surface area contributed by atoms with Crippen LogP contribution < -0.4 is 15.7 Å². The number of carbonyl (C=O) groups excluding carboxylic acids is 1. The summed E-state index contributed by atoms with van der Waals surface area (Å²) in [6, 6.07) is 18.4. The van der Waals surface area contributed by atoms with Crippen molar-refractivity contribution in [3.05, 3.63) is 76.4 Å². The van der Waals surface area contributed by atoms with Crippen LogP contribution >= 0.6 is 15.9 Å². The Balaban J connectivity index is 1.24. The normalized spacial score (nSPS) is 23.4. The number of carbonyl (C=O) groups is 1. The van der Waals surface area contributed by atoms with Gasteiger partial charge in [-0.2, -0.15) is 0 Å². The van der Waals surface area contributed by atoms with Crippen molar-refractivity contribution >= 4 is 27.5 Å². The van der Waals surface area contributed by atoms with Crippen molar-refractivity contribution in [2.75, 3.05) is 31.2 Å². The van der Waals surface area contributed by atoms with Crippen molar-refractivity contribution in [2.24, 2.45) is 0 Å². The molecule has 5 rings (SSSR count). The summed E-state index contributed by atoms with van der Waals surface area (Å²) in [5.41, 5.74) is 5.95. The van der Waals surface area contributed by atoms with Crippen LogP contribution in [-0.2, 0) is 9.63 Å². The van der Waals surface area contributed by atoms with E-state index in [1.807, 2.05) is 30.3 Å². The second-order valence-corrected chi connectivity index (χ2v) is 9.03. The third-order valence-corrected chi connectivity index (χ3v) is 6.88. The molecule has 1 amide bonds. The molecule has 1 atom stereocenters. The van der Waals surface area contributed by atoms with E-state index in [1.165, 1.54) is 0 Å². The number of piperidine rings is 1. The zero-order chi connectivity index (χ0) is 20.6. The van der Waals surface area contributed by atoms with Gasteiger partial charge >= 0.3 is 0 Å². The molecule has 0 bridgehead atoms. The van der Waals surface area contributed by atoms with Gasteiger partial charge in [-0.05, 0) is 48.7 Å². The van der Waals surface area contributed by atoms with Gasteiger partial charge in [0.2, 0.25) is 5.91 Å². The van der Waals surface area contributed by atoms with Crippen LogP contribution in [0, 0.1) is 0 Å². The maximum atomic E-state index is 12.8. The van der Waals surface area contributed by atoms with E-state index in [2.05, 4.69) is 66.9 Å².